The predicted octanol–water partition coefficient (Wildman–Crippen LogP) is 8.44. The molecule has 0 N–H and O–H groups in total. The Morgan fingerprint density at radius 2 is 1.94 bits per heavy atom. The molecule has 0 aliphatic heterocycles. The van der Waals surface area contributed by atoms with Gasteiger partial charge in [-0.2, -0.15) is 0 Å². The first-order valence-corrected chi connectivity index (χ1v) is 17.6. The molecule has 0 saturated heterocycles. The first-order chi connectivity index (χ1) is 16.7. The average molecular weight is 555 g/mol. The number of halogens is 1. The van der Waals surface area contributed by atoms with Gasteiger partial charge in [0.1, 0.15) is 4.88 Å². The number of hydrogen-bond donors (Lipinski definition) is 0. The number of ether oxygens (including phenoxy) is 1. The lowest BCUT2D eigenvalue weighted by Gasteiger charge is -2.38. The van der Waals surface area contributed by atoms with Crippen LogP contribution in [-0.2, 0) is 20.4 Å². The molecule has 204 valence electrons. The quantitative estimate of drug-likeness (QED) is 0.106. The highest BCUT2D eigenvalue weighted by Crippen LogP contribution is 2.44. The first kappa shape index (κ1) is 31.3. The summed E-state index contributed by atoms with van der Waals surface area (Å²) in [4.78, 5) is 26.1. The van der Waals surface area contributed by atoms with Crippen LogP contribution < -0.4 is 0 Å². The van der Waals surface area contributed by atoms with E-state index in [4.69, 9.17) is 20.8 Å². The van der Waals surface area contributed by atoms with Crippen LogP contribution in [0.3, 0.4) is 0 Å². The summed E-state index contributed by atoms with van der Waals surface area (Å²) in [6.45, 7) is 15.7. The highest BCUT2D eigenvalue weighted by Gasteiger charge is 2.39. The second-order valence-electron chi connectivity index (χ2n) is 12.0. The summed E-state index contributed by atoms with van der Waals surface area (Å²) in [5, 5.41) is 0.344. The van der Waals surface area contributed by atoms with E-state index in [9.17, 15) is 9.59 Å². The monoisotopic (exact) mass is 554 g/mol. The average Bonchev–Trinajstić information content (AvgIpc) is 3.35. The molecule has 1 aliphatic rings. The van der Waals surface area contributed by atoms with E-state index in [0.29, 0.717) is 29.1 Å². The van der Waals surface area contributed by atoms with Gasteiger partial charge in [0.25, 0.3) is 0 Å². The number of ketones is 1. The smallest absolute Gasteiger partial charge is 0.348 e. The van der Waals surface area contributed by atoms with E-state index in [1.165, 1.54) is 23.3 Å². The predicted molar refractivity (Wildman–Crippen MR) is 155 cm³/mol. The first-order valence-electron chi connectivity index (χ1n) is 13.4. The van der Waals surface area contributed by atoms with Crippen molar-refractivity contribution < 1.29 is 18.8 Å². The Morgan fingerprint density at radius 1 is 1.25 bits per heavy atom. The fourth-order valence-electron chi connectivity index (χ4n) is 4.89. The van der Waals surface area contributed by atoms with E-state index < -0.39 is 8.32 Å². The molecule has 1 aromatic rings. The third-order valence-electron chi connectivity index (χ3n) is 8.06. The zero-order valence-corrected chi connectivity index (χ0v) is 26.1. The van der Waals surface area contributed by atoms with Crippen molar-refractivity contribution in [3.8, 4) is 0 Å². The van der Waals surface area contributed by atoms with E-state index in [-0.39, 0.29) is 28.3 Å². The minimum absolute atomic E-state index is 0.145. The van der Waals surface area contributed by atoms with Gasteiger partial charge in [0.15, 0.2) is 14.1 Å². The van der Waals surface area contributed by atoms with Crippen LogP contribution in [0.4, 0.5) is 0 Å². The minimum atomic E-state index is -1.77. The van der Waals surface area contributed by atoms with Crippen LogP contribution in [0, 0.1) is 17.8 Å². The number of thiophene rings is 1. The third-order valence-corrected chi connectivity index (χ3v) is 14.3. The minimum Gasteiger partial charge on any atom is -0.465 e. The highest BCUT2D eigenvalue weighted by atomic mass is 35.5. The summed E-state index contributed by atoms with van der Waals surface area (Å²) in [6.07, 6.45) is 10.4. The van der Waals surface area contributed by atoms with Crippen LogP contribution in [0.5, 0.6) is 0 Å². The maximum absolute atomic E-state index is 12.6. The van der Waals surface area contributed by atoms with Crippen molar-refractivity contribution in [2.24, 2.45) is 17.8 Å². The number of allylic oxidation sites excluding steroid dienone is 2. The molecule has 1 fully saturated rings. The number of carbonyl (C=O) groups is 2. The number of hydrogen-bond acceptors (Lipinski definition) is 5. The van der Waals surface area contributed by atoms with Gasteiger partial charge >= 0.3 is 5.97 Å². The molecule has 7 heteroatoms. The Hall–Kier alpha value is -0.953. The fraction of sp³-hybridized carbons (Fsp3) is 0.724. The van der Waals surface area contributed by atoms with Gasteiger partial charge in [0, 0.05) is 22.8 Å². The van der Waals surface area contributed by atoms with Crippen LogP contribution in [0.2, 0.25) is 18.1 Å². The Kier molecular flexibility index (Phi) is 11.9. The van der Waals surface area contributed by atoms with E-state index >= 15 is 0 Å². The van der Waals surface area contributed by atoms with Crippen molar-refractivity contribution in [1.29, 1.82) is 0 Å². The molecule has 2 rings (SSSR count). The van der Waals surface area contributed by atoms with Crippen LogP contribution in [0.25, 0.3) is 0 Å². The lowest BCUT2D eigenvalue weighted by molar-refractivity contribution is -0.114. The Balaban J connectivity index is 1.81. The van der Waals surface area contributed by atoms with E-state index in [1.54, 1.807) is 0 Å². The van der Waals surface area contributed by atoms with Gasteiger partial charge in [-0.05, 0) is 99.5 Å². The molecule has 0 unspecified atom stereocenters. The molecule has 0 bridgehead atoms. The van der Waals surface area contributed by atoms with Gasteiger partial charge in [0.05, 0.1) is 7.11 Å². The molecule has 0 spiro atoms. The zero-order valence-electron chi connectivity index (χ0n) is 23.6. The number of methoxy groups -OCH3 is 1. The molecule has 0 amide bonds. The van der Waals surface area contributed by atoms with Gasteiger partial charge in [-0.1, -0.05) is 33.8 Å². The van der Waals surface area contributed by atoms with Gasteiger partial charge in [-0.3, -0.25) is 4.79 Å². The van der Waals surface area contributed by atoms with Crippen LogP contribution in [-0.4, -0.2) is 38.7 Å². The molecule has 1 aliphatic carbocycles. The van der Waals surface area contributed by atoms with Crippen molar-refractivity contribution in [2.75, 3.05) is 7.11 Å². The fourth-order valence-corrected chi connectivity index (χ4v) is 7.91. The molecule has 5 atom stereocenters. The van der Waals surface area contributed by atoms with Crippen molar-refractivity contribution in [3.05, 3.63) is 34.0 Å². The third kappa shape index (κ3) is 9.11. The molecule has 0 radical (unpaired) electrons. The molecular formula is C29H47ClO4SSi. The van der Waals surface area contributed by atoms with Crippen LogP contribution >= 0.6 is 22.9 Å². The van der Waals surface area contributed by atoms with Gasteiger partial charge in [-0.15, -0.1) is 22.9 Å². The Bertz CT molecular complexity index is 888. The lowest BCUT2D eigenvalue weighted by atomic mass is 9.86. The summed E-state index contributed by atoms with van der Waals surface area (Å²) in [5.74, 6) is 1.12. The maximum atomic E-state index is 12.6. The summed E-state index contributed by atoms with van der Waals surface area (Å²) in [6, 6.07) is 3.85. The Morgan fingerprint density at radius 3 is 2.58 bits per heavy atom. The second-order valence-corrected chi connectivity index (χ2v) is 18.5. The summed E-state index contributed by atoms with van der Waals surface area (Å²) in [7, 11) is -0.360. The summed E-state index contributed by atoms with van der Waals surface area (Å²) < 4.78 is 11.2. The maximum Gasteiger partial charge on any atom is 0.348 e. The van der Waals surface area contributed by atoms with Crippen LogP contribution in [0.1, 0.15) is 87.7 Å². The van der Waals surface area contributed by atoms with Crippen molar-refractivity contribution in [3.63, 3.8) is 0 Å². The lowest BCUT2D eigenvalue weighted by Crippen LogP contribution is -2.43. The van der Waals surface area contributed by atoms with Gasteiger partial charge in [0.2, 0.25) is 0 Å². The SMILES string of the molecule is COC(=O)c1ccc(CCC[C@@H]2[C@@H](/C=C/C(=O)CCC[C@@H](C)O[Si](C)(C)C(C)(C)C)[C@H](C)C[C@H]2Cl)s1. The molecule has 1 saturated carbocycles. The molecule has 4 nitrogen and oxygen atoms in total. The molecule has 1 heterocycles. The van der Waals surface area contributed by atoms with E-state index in [2.05, 4.69) is 53.8 Å². The van der Waals surface area contributed by atoms with Crippen LogP contribution in [0.15, 0.2) is 24.3 Å². The van der Waals surface area contributed by atoms with Crippen molar-refractivity contribution >= 4 is 43.0 Å². The van der Waals surface area contributed by atoms with E-state index in [0.717, 1.165) is 38.5 Å². The highest BCUT2D eigenvalue weighted by molar-refractivity contribution is 7.13. The normalized spacial score (nSPS) is 23.8. The summed E-state index contributed by atoms with van der Waals surface area (Å²) in [5.41, 5.74) is 0. The number of rotatable bonds is 13. The number of aryl methyl sites for hydroxylation is 1. The molecule has 1 aromatic heterocycles. The van der Waals surface area contributed by atoms with E-state index in [1.807, 2.05) is 18.2 Å². The van der Waals surface area contributed by atoms with Gasteiger partial charge in [-0.25, -0.2) is 4.79 Å². The second kappa shape index (κ2) is 13.7. The molecular weight excluding hydrogens is 508 g/mol. The molecule has 36 heavy (non-hydrogen) atoms. The summed E-state index contributed by atoms with van der Waals surface area (Å²) >= 11 is 8.25. The number of alkyl halides is 1. The Labute approximate surface area is 229 Å². The molecule has 0 aromatic carbocycles. The zero-order chi connectivity index (χ0) is 27.1. The van der Waals surface area contributed by atoms with Crippen molar-refractivity contribution in [1.82, 2.24) is 0 Å². The number of esters is 1. The largest absolute Gasteiger partial charge is 0.465 e. The van der Waals surface area contributed by atoms with Crippen molar-refractivity contribution in [2.45, 2.75) is 109 Å². The standard InChI is InChI=1S/C29H47ClO4SSi/c1-20-19-26(30)25(14-10-13-23-16-18-27(35-23)28(32)33-6)24(20)17-15-22(31)12-9-11-21(2)34-36(7,8)29(3,4)5/h15-18,20-21,24-26H,9-14,19H2,1-8H3/b17-15+/t20-,21-,24+,25-,26-/m1/s1. The number of carbonyl (C=O) groups excluding carboxylic acids is 2. The van der Waals surface area contributed by atoms with Gasteiger partial charge < -0.3 is 9.16 Å². The topological polar surface area (TPSA) is 52.6 Å².